The first kappa shape index (κ1) is 7.60. The fourth-order valence-corrected chi connectivity index (χ4v) is 3.47. The maximum Gasteiger partial charge on any atom is 0.249 e. The highest BCUT2D eigenvalue weighted by atomic mass is 16.2. The first-order chi connectivity index (χ1) is 6.29. The van der Waals surface area contributed by atoms with E-state index >= 15 is 0 Å². The van der Waals surface area contributed by atoms with E-state index in [9.17, 15) is 4.79 Å². The molecule has 2 heterocycles. The molecule has 2 aliphatic heterocycles. The molecule has 13 heavy (non-hydrogen) atoms. The molecular weight excluding hydrogens is 162 g/mol. The standard InChI is InChI=1S/C11H15NO/c1-7-9-4-2-3-8-5-6-12(10(8)9)11(7)13/h8-10H,1-6H2/t8-,9+,10+/m1/s1. The lowest BCUT2D eigenvalue weighted by Crippen LogP contribution is -2.34. The molecule has 3 aliphatic rings. The minimum Gasteiger partial charge on any atom is -0.335 e. The minimum atomic E-state index is 0.249. The van der Waals surface area contributed by atoms with Crippen LogP contribution >= 0.6 is 0 Å². The molecule has 0 unspecified atom stereocenters. The molecule has 1 aliphatic carbocycles. The van der Waals surface area contributed by atoms with Gasteiger partial charge >= 0.3 is 0 Å². The minimum absolute atomic E-state index is 0.249. The summed E-state index contributed by atoms with van der Waals surface area (Å²) in [7, 11) is 0. The number of carbonyl (C=O) groups is 1. The quantitative estimate of drug-likeness (QED) is 0.514. The zero-order valence-electron chi connectivity index (χ0n) is 7.83. The van der Waals surface area contributed by atoms with Crippen molar-refractivity contribution in [2.75, 3.05) is 6.54 Å². The Morgan fingerprint density at radius 2 is 2.15 bits per heavy atom. The van der Waals surface area contributed by atoms with Crippen LogP contribution in [0.1, 0.15) is 25.7 Å². The Labute approximate surface area is 78.6 Å². The van der Waals surface area contributed by atoms with E-state index in [1.54, 1.807) is 0 Å². The van der Waals surface area contributed by atoms with Gasteiger partial charge in [0.2, 0.25) is 5.91 Å². The van der Waals surface area contributed by atoms with Gasteiger partial charge in [0.15, 0.2) is 0 Å². The molecule has 70 valence electrons. The van der Waals surface area contributed by atoms with Gasteiger partial charge in [0.05, 0.1) is 0 Å². The number of hydrogen-bond acceptors (Lipinski definition) is 1. The molecule has 2 nitrogen and oxygen atoms in total. The number of rotatable bonds is 0. The average molecular weight is 177 g/mol. The van der Waals surface area contributed by atoms with Crippen LogP contribution in [0, 0.1) is 11.8 Å². The molecule has 1 saturated carbocycles. The van der Waals surface area contributed by atoms with Gasteiger partial charge in [0.25, 0.3) is 0 Å². The zero-order valence-corrected chi connectivity index (χ0v) is 7.83. The monoisotopic (exact) mass is 177 g/mol. The predicted molar refractivity (Wildman–Crippen MR) is 50.1 cm³/mol. The summed E-state index contributed by atoms with van der Waals surface area (Å²) in [6, 6.07) is 0.550. The highest BCUT2D eigenvalue weighted by molar-refractivity contribution is 5.96. The van der Waals surface area contributed by atoms with E-state index in [1.165, 1.54) is 25.7 Å². The molecule has 0 N–H and O–H groups in total. The summed E-state index contributed by atoms with van der Waals surface area (Å²) in [6.07, 6.45) is 5.06. The fourth-order valence-electron chi connectivity index (χ4n) is 3.47. The van der Waals surface area contributed by atoms with Crippen LogP contribution in [0.3, 0.4) is 0 Å². The molecule has 0 aromatic carbocycles. The smallest absolute Gasteiger partial charge is 0.249 e. The Hall–Kier alpha value is -0.790. The molecule has 0 spiro atoms. The molecular formula is C11H15NO. The van der Waals surface area contributed by atoms with Gasteiger partial charge in [-0.1, -0.05) is 13.0 Å². The van der Waals surface area contributed by atoms with Crippen LogP contribution in [0.5, 0.6) is 0 Å². The summed E-state index contributed by atoms with van der Waals surface area (Å²) >= 11 is 0. The highest BCUT2D eigenvalue weighted by Crippen LogP contribution is 2.47. The highest BCUT2D eigenvalue weighted by Gasteiger charge is 2.51. The van der Waals surface area contributed by atoms with Gasteiger partial charge < -0.3 is 4.90 Å². The van der Waals surface area contributed by atoms with Crippen LogP contribution < -0.4 is 0 Å². The number of nitrogens with zero attached hydrogens (tertiary/aromatic N) is 1. The Balaban J connectivity index is 2.01. The molecule has 0 bridgehead atoms. The van der Waals surface area contributed by atoms with Gasteiger partial charge in [0.1, 0.15) is 0 Å². The van der Waals surface area contributed by atoms with E-state index in [4.69, 9.17) is 0 Å². The average Bonchev–Trinajstić information content (AvgIpc) is 2.67. The normalized spacial score (nSPS) is 42.8. The first-order valence-electron chi connectivity index (χ1n) is 5.29. The first-order valence-corrected chi connectivity index (χ1v) is 5.29. The summed E-state index contributed by atoms with van der Waals surface area (Å²) in [5.41, 5.74) is 0.898. The van der Waals surface area contributed by atoms with E-state index in [-0.39, 0.29) is 5.91 Å². The van der Waals surface area contributed by atoms with Crippen LogP contribution in [0.4, 0.5) is 0 Å². The second kappa shape index (κ2) is 2.37. The lowest BCUT2D eigenvalue weighted by atomic mass is 9.76. The molecule has 0 radical (unpaired) electrons. The topological polar surface area (TPSA) is 20.3 Å². The maximum absolute atomic E-state index is 11.8. The van der Waals surface area contributed by atoms with Crippen LogP contribution in [-0.4, -0.2) is 23.4 Å². The van der Waals surface area contributed by atoms with Crippen molar-refractivity contribution in [3.63, 3.8) is 0 Å². The van der Waals surface area contributed by atoms with Crippen molar-refractivity contribution in [3.8, 4) is 0 Å². The van der Waals surface area contributed by atoms with Gasteiger partial charge in [-0.3, -0.25) is 4.79 Å². The third kappa shape index (κ3) is 0.812. The number of amides is 1. The van der Waals surface area contributed by atoms with E-state index in [2.05, 4.69) is 11.5 Å². The Kier molecular flexibility index (Phi) is 1.38. The Morgan fingerprint density at radius 3 is 3.00 bits per heavy atom. The van der Waals surface area contributed by atoms with Gasteiger partial charge in [-0.15, -0.1) is 0 Å². The lowest BCUT2D eigenvalue weighted by molar-refractivity contribution is -0.125. The second-order valence-corrected chi connectivity index (χ2v) is 4.60. The lowest BCUT2D eigenvalue weighted by Gasteiger charge is -2.30. The van der Waals surface area contributed by atoms with Crippen molar-refractivity contribution < 1.29 is 4.79 Å². The van der Waals surface area contributed by atoms with Gasteiger partial charge in [-0.05, 0) is 25.2 Å². The third-order valence-electron chi connectivity index (χ3n) is 4.07. The third-order valence-corrected chi connectivity index (χ3v) is 4.07. The molecule has 3 rings (SSSR count). The second-order valence-electron chi connectivity index (χ2n) is 4.60. The molecule has 2 heteroatoms. The van der Waals surface area contributed by atoms with Crippen LogP contribution in [0.15, 0.2) is 12.2 Å². The number of carbonyl (C=O) groups excluding carboxylic acids is 1. The van der Waals surface area contributed by atoms with Gasteiger partial charge in [-0.25, -0.2) is 0 Å². The van der Waals surface area contributed by atoms with E-state index in [0.29, 0.717) is 12.0 Å². The van der Waals surface area contributed by atoms with Crippen molar-refractivity contribution in [3.05, 3.63) is 12.2 Å². The zero-order chi connectivity index (χ0) is 9.00. The summed E-state index contributed by atoms with van der Waals surface area (Å²) < 4.78 is 0. The van der Waals surface area contributed by atoms with Crippen molar-refractivity contribution in [1.29, 1.82) is 0 Å². The van der Waals surface area contributed by atoms with Crippen LogP contribution in [0.25, 0.3) is 0 Å². The molecule has 3 fully saturated rings. The Morgan fingerprint density at radius 1 is 1.31 bits per heavy atom. The van der Waals surface area contributed by atoms with Crippen LogP contribution in [-0.2, 0) is 4.79 Å². The molecule has 2 saturated heterocycles. The SMILES string of the molecule is C=C1C(=O)N2CC[C@H]3CCC[C@@H]1[C@H]32. The van der Waals surface area contributed by atoms with Crippen LogP contribution in [0.2, 0.25) is 0 Å². The van der Waals surface area contributed by atoms with E-state index < -0.39 is 0 Å². The Bertz CT molecular complexity index is 278. The fraction of sp³-hybridized carbons (Fsp3) is 0.727. The molecule has 0 aromatic rings. The summed E-state index contributed by atoms with van der Waals surface area (Å²) in [5, 5.41) is 0. The van der Waals surface area contributed by atoms with Crippen molar-refractivity contribution in [2.45, 2.75) is 31.7 Å². The molecule has 1 amide bonds. The number of hydrogen-bond donors (Lipinski definition) is 0. The van der Waals surface area contributed by atoms with Gasteiger partial charge in [-0.2, -0.15) is 0 Å². The van der Waals surface area contributed by atoms with E-state index in [0.717, 1.165) is 18.0 Å². The van der Waals surface area contributed by atoms with Crippen molar-refractivity contribution >= 4 is 5.91 Å². The molecule has 3 atom stereocenters. The largest absolute Gasteiger partial charge is 0.335 e. The van der Waals surface area contributed by atoms with Crippen molar-refractivity contribution in [1.82, 2.24) is 4.90 Å². The molecule has 0 aromatic heterocycles. The van der Waals surface area contributed by atoms with Gasteiger partial charge in [0, 0.05) is 24.1 Å². The van der Waals surface area contributed by atoms with Crippen molar-refractivity contribution in [2.24, 2.45) is 11.8 Å². The summed E-state index contributed by atoms with van der Waals surface area (Å²) in [4.78, 5) is 13.8. The summed E-state index contributed by atoms with van der Waals surface area (Å²) in [5.74, 6) is 1.55. The summed E-state index contributed by atoms with van der Waals surface area (Å²) in [6.45, 7) is 4.94. The predicted octanol–water partition coefficient (Wildman–Crippen LogP) is 1.57. The maximum atomic E-state index is 11.8. The van der Waals surface area contributed by atoms with E-state index in [1.807, 2.05) is 0 Å².